The molecule has 0 spiro atoms. The van der Waals surface area contributed by atoms with E-state index in [1.807, 2.05) is 6.07 Å². The van der Waals surface area contributed by atoms with Gasteiger partial charge in [0.2, 0.25) is 0 Å². The summed E-state index contributed by atoms with van der Waals surface area (Å²) in [5.74, 6) is 0. The summed E-state index contributed by atoms with van der Waals surface area (Å²) in [6.45, 7) is 3.77. The highest BCUT2D eigenvalue weighted by molar-refractivity contribution is 5.80. The predicted molar refractivity (Wildman–Crippen MR) is 68.3 cm³/mol. The second kappa shape index (κ2) is 5.14. The van der Waals surface area contributed by atoms with Gasteiger partial charge in [-0.15, -0.1) is 0 Å². The first-order chi connectivity index (χ1) is 7.79. The van der Waals surface area contributed by atoms with E-state index in [4.69, 9.17) is 5.73 Å². The number of benzene rings is 1. The van der Waals surface area contributed by atoms with Gasteiger partial charge in [-0.3, -0.25) is 0 Å². The highest BCUT2D eigenvalue weighted by atomic mass is 14.9. The molecule has 0 aliphatic heterocycles. The average molecular weight is 217 g/mol. The quantitative estimate of drug-likeness (QED) is 0.717. The van der Waals surface area contributed by atoms with Gasteiger partial charge in [-0.05, 0) is 37.4 Å². The first-order valence-corrected chi connectivity index (χ1v) is 5.79. The molecule has 0 bridgehead atoms. The second-order valence-electron chi connectivity index (χ2n) is 4.24. The predicted octanol–water partition coefficient (Wildman–Crippen LogP) is 1.99. The Morgan fingerprint density at radius 1 is 1.38 bits per heavy atom. The van der Waals surface area contributed by atoms with Crippen molar-refractivity contribution in [2.45, 2.75) is 25.9 Å². The van der Waals surface area contributed by atoms with Crippen LogP contribution in [0.25, 0.3) is 10.9 Å². The third-order valence-corrected chi connectivity index (χ3v) is 2.83. The summed E-state index contributed by atoms with van der Waals surface area (Å²) in [6.07, 6.45) is 1.01. The SMILES string of the molecule is CC(CCN)NCc1cc2ccccc2[nH]1. The maximum atomic E-state index is 5.51. The van der Waals surface area contributed by atoms with Crippen LogP contribution in [0.2, 0.25) is 0 Å². The van der Waals surface area contributed by atoms with Crippen LogP contribution >= 0.6 is 0 Å². The maximum Gasteiger partial charge on any atom is 0.0456 e. The molecule has 0 amide bonds. The van der Waals surface area contributed by atoms with Crippen molar-refractivity contribution in [3.63, 3.8) is 0 Å². The number of rotatable bonds is 5. The highest BCUT2D eigenvalue weighted by Crippen LogP contribution is 2.14. The molecule has 3 nitrogen and oxygen atoms in total. The minimum Gasteiger partial charge on any atom is -0.357 e. The van der Waals surface area contributed by atoms with Gasteiger partial charge in [0.15, 0.2) is 0 Å². The lowest BCUT2D eigenvalue weighted by Gasteiger charge is -2.11. The van der Waals surface area contributed by atoms with Gasteiger partial charge in [-0.2, -0.15) is 0 Å². The van der Waals surface area contributed by atoms with Crippen LogP contribution in [0.4, 0.5) is 0 Å². The van der Waals surface area contributed by atoms with E-state index >= 15 is 0 Å². The van der Waals surface area contributed by atoms with Gasteiger partial charge in [0.05, 0.1) is 0 Å². The van der Waals surface area contributed by atoms with Crippen LogP contribution in [-0.2, 0) is 6.54 Å². The molecule has 1 unspecified atom stereocenters. The summed E-state index contributed by atoms with van der Waals surface area (Å²) in [7, 11) is 0. The summed E-state index contributed by atoms with van der Waals surface area (Å²) in [4.78, 5) is 3.40. The van der Waals surface area contributed by atoms with Crippen molar-refractivity contribution < 1.29 is 0 Å². The van der Waals surface area contributed by atoms with Crippen molar-refractivity contribution in [1.82, 2.24) is 10.3 Å². The van der Waals surface area contributed by atoms with Crippen LogP contribution in [-0.4, -0.2) is 17.6 Å². The van der Waals surface area contributed by atoms with E-state index in [0.717, 1.165) is 19.5 Å². The number of nitrogens with two attached hydrogens (primary N) is 1. The van der Waals surface area contributed by atoms with E-state index in [0.29, 0.717) is 6.04 Å². The van der Waals surface area contributed by atoms with Crippen molar-refractivity contribution in [3.8, 4) is 0 Å². The fraction of sp³-hybridized carbons (Fsp3) is 0.385. The third-order valence-electron chi connectivity index (χ3n) is 2.83. The molecule has 0 aliphatic rings. The Morgan fingerprint density at radius 2 is 2.19 bits per heavy atom. The van der Waals surface area contributed by atoms with Gasteiger partial charge in [0.1, 0.15) is 0 Å². The molecule has 3 heteroatoms. The van der Waals surface area contributed by atoms with E-state index in [-0.39, 0.29) is 0 Å². The summed E-state index contributed by atoms with van der Waals surface area (Å²) < 4.78 is 0. The lowest BCUT2D eigenvalue weighted by Crippen LogP contribution is -2.27. The first-order valence-electron chi connectivity index (χ1n) is 5.79. The van der Waals surface area contributed by atoms with Gasteiger partial charge in [0, 0.05) is 23.8 Å². The highest BCUT2D eigenvalue weighted by Gasteiger charge is 2.02. The van der Waals surface area contributed by atoms with Crippen LogP contribution in [0.15, 0.2) is 30.3 Å². The minimum atomic E-state index is 0.469. The number of aromatic nitrogens is 1. The van der Waals surface area contributed by atoms with Crippen LogP contribution in [0.3, 0.4) is 0 Å². The van der Waals surface area contributed by atoms with E-state index < -0.39 is 0 Å². The van der Waals surface area contributed by atoms with E-state index in [1.165, 1.54) is 16.6 Å². The molecular weight excluding hydrogens is 198 g/mol. The van der Waals surface area contributed by atoms with Gasteiger partial charge < -0.3 is 16.0 Å². The van der Waals surface area contributed by atoms with Crippen molar-refractivity contribution in [1.29, 1.82) is 0 Å². The number of aromatic amines is 1. The molecule has 1 atom stereocenters. The van der Waals surface area contributed by atoms with Crippen molar-refractivity contribution in [2.24, 2.45) is 5.73 Å². The molecule has 1 aromatic carbocycles. The van der Waals surface area contributed by atoms with Crippen LogP contribution < -0.4 is 11.1 Å². The molecule has 0 saturated heterocycles. The lowest BCUT2D eigenvalue weighted by molar-refractivity contribution is 0.516. The summed E-state index contributed by atoms with van der Waals surface area (Å²) in [5.41, 5.74) is 7.94. The molecule has 0 fully saturated rings. The Labute approximate surface area is 96.0 Å². The number of nitrogens with one attached hydrogen (secondary N) is 2. The zero-order valence-corrected chi connectivity index (χ0v) is 9.66. The topological polar surface area (TPSA) is 53.8 Å². The molecule has 1 aromatic heterocycles. The number of H-pyrrole nitrogens is 1. The fourth-order valence-corrected chi connectivity index (χ4v) is 1.86. The zero-order chi connectivity index (χ0) is 11.4. The molecule has 2 rings (SSSR count). The van der Waals surface area contributed by atoms with E-state index in [2.05, 4.69) is 41.5 Å². The fourth-order valence-electron chi connectivity index (χ4n) is 1.86. The minimum absolute atomic E-state index is 0.469. The number of para-hydroxylation sites is 1. The van der Waals surface area contributed by atoms with Crippen LogP contribution in [0.5, 0.6) is 0 Å². The lowest BCUT2D eigenvalue weighted by atomic mass is 10.2. The standard InChI is InChI=1S/C13H19N3/c1-10(6-7-14)15-9-12-8-11-4-2-3-5-13(11)16-12/h2-5,8,10,15-16H,6-7,9,14H2,1H3. The smallest absolute Gasteiger partial charge is 0.0456 e. The molecule has 2 aromatic rings. The largest absolute Gasteiger partial charge is 0.357 e. The number of fused-ring (bicyclic) bond motifs is 1. The molecule has 1 heterocycles. The molecular formula is C13H19N3. The van der Waals surface area contributed by atoms with Crippen LogP contribution in [0, 0.1) is 0 Å². The van der Waals surface area contributed by atoms with Gasteiger partial charge in [-0.25, -0.2) is 0 Å². The van der Waals surface area contributed by atoms with Crippen LogP contribution in [0.1, 0.15) is 19.0 Å². The third kappa shape index (κ3) is 2.62. The van der Waals surface area contributed by atoms with Gasteiger partial charge >= 0.3 is 0 Å². The second-order valence-corrected chi connectivity index (χ2v) is 4.24. The van der Waals surface area contributed by atoms with Gasteiger partial charge in [0.25, 0.3) is 0 Å². The Hall–Kier alpha value is -1.32. The maximum absolute atomic E-state index is 5.51. The van der Waals surface area contributed by atoms with Gasteiger partial charge in [-0.1, -0.05) is 18.2 Å². The molecule has 0 radical (unpaired) electrons. The van der Waals surface area contributed by atoms with Crippen molar-refractivity contribution in [2.75, 3.05) is 6.54 Å². The summed E-state index contributed by atoms with van der Waals surface area (Å²) >= 11 is 0. The van der Waals surface area contributed by atoms with Crippen molar-refractivity contribution in [3.05, 3.63) is 36.0 Å². The Bertz CT molecular complexity index is 414. The molecule has 0 saturated carbocycles. The Morgan fingerprint density at radius 3 is 2.94 bits per heavy atom. The molecule has 16 heavy (non-hydrogen) atoms. The number of hydrogen-bond acceptors (Lipinski definition) is 2. The average Bonchev–Trinajstić information content (AvgIpc) is 2.69. The Balaban J connectivity index is 1.99. The Kier molecular flexibility index (Phi) is 3.59. The summed E-state index contributed by atoms with van der Waals surface area (Å²) in [5, 5.41) is 4.72. The van der Waals surface area contributed by atoms with E-state index in [9.17, 15) is 0 Å². The monoisotopic (exact) mass is 217 g/mol. The summed E-state index contributed by atoms with van der Waals surface area (Å²) in [6, 6.07) is 11.0. The first kappa shape index (κ1) is 11.2. The van der Waals surface area contributed by atoms with E-state index in [1.54, 1.807) is 0 Å². The molecule has 0 aliphatic carbocycles. The molecule has 4 N–H and O–H groups in total. The normalized spacial score (nSPS) is 13.1. The van der Waals surface area contributed by atoms with Crippen molar-refractivity contribution >= 4 is 10.9 Å². The zero-order valence-electron chi connectivity index (χ0n) is 9.66. The molecule has 86 valence electrons. The number of hydrogen-bond donors (Lipinski definition) is 3.